The smallest absolute Gasteiger partial charge is 0.228 e. The molecule has 1 unspecified atom stereocenters. The summed E-state index contributed by atoms with van der Waals surface area (Å²) in [6, 6.07) is 3.98. The summed E-state index contributed by atoms with van der Waals surface area (Å²) in [6.45, 7) is 2.39. The van der Waals surface area contributed by atoms with Gasteiger partial charge in [-0.2, -0.15) is 0 Å². The fraction of sp³-hybridized carbons (Fsp3) is 0.462. The van der Waals surface area contributed by atoms with Gasteiger partial charge in [0.05, 0.1) is 31.9 Å². The van der Waals surface area contributed by atoms with E-state index in [-0.39, 0.29) is 12.0 Å². The number of hydrogen-bond acceptors (Lipinski definition) is 4. The Kier molecular flexibility index (Phi) is 2.93. The Balaban J connectivity index is 1.96. The van der Waals surface area contributed by atoms with Gasteiger partial charge in [0.15, 0.2) is 0 Å². The number of ether oxygens (including phenoxy) is 2. The zero-order valence-corrected chi connectivity index (χ0v) is 10.3. The number of morpholine rings is 1. The predicted octanol–water partition coefficient (Wildman–Crippen LogP) is 0.851. The number of fused-ring (bicyclic) bond motifs is 1. The molecule has 0 saturated carbocycles. The summed E-state index contributed by atoms with van der Waals surface area (Å²) >= 11 is 0. The minimum atomic E-state index is 0.0168. The minimum absolute atomic E-state index is 0.0168. The lowest BCUT2D eigenvalue weighted by Gasteiger charge is -2.24. The van der Waals surface area contributed by atoms with Crippen molar-refractivity contribution in [3.05, 3.63) is 23.3 Å². The van der Waals surface area contributed by atoms with Gasteiger partial charge in [0, 0.05) is 13.1 Å². The number of nitrogens with one attached hydrogen (secondary N) is 2. The molecule has 2 heterocycles. The Labute approximate surface area is 105 Å². The molecular weight excluding hydrogens is 232 g/mol. The Morgan fingerprint density at radius 1 is 1.44 bits per heavy atom. The topological polar surface area (TPSA) is 59.6 Å². The van der Waals surface area contributed by atoms with E-state index in [9.17, 15) is 4.79 Å². The lowest BCUT2D eigenvalue weighted by molar-refractivity contribution is -0.115. The van der Waals surface area contributed by atoms with E-state index in [1.54, 1.807) is 7.11 Å². The SMILES string of the molecule is COc1cc(C2CNCCO2)cc2c1NC(=O)C2. The number of benzene rings is 1. The summed E-state index contributed by atoms with van der Waals surface area (Å²) in [5.41, 5.74) is 2.85. The van der Waals surface area contributed by atoms with Gasteiger partial charge in [0.2, 0.25) is 5.91 Å². The minimum Gasteiger partial charge on any atom is -0.495 e. The van der Waals surface area contributed by atoms with Crippen LogP contribution in [-0.2, 0) is 16.0 Å². The summed E-state index contributed by atoms with van der Waals surface area (Å²) < 4.78 is 11.1. The van der Waals surface area contributed by atoms with Crippen molar-refractivity contribution in [1.82, 2.24) is 5.32 Å². The summed E-state index contributed by atoms with van der Waals surface area (Å²) in [4.78, 5) is 11.4. The van der Waals surface area contributed by atoms with Crippen LogP contribution < -0.4 is 15.4 Å². The molecule has 5 heteroatoms. The van der Waals surface area contributed by atoms with Crippen LogP contribution in [-0.4, -0.2) is 32.7 Å². The van der Waals surface area contributed by atoms with Gasteiger partial charge < -0.3 is 20.1 Å². The lowest BCUT2D eigenvalue weighted by atomic mass is 10.0. The molecule has 1 fully saturated rings. The molecule has 1 aromatic carbocycles. The van der Waals surface area contributed by atoms with E-state index in [1.165, 1.54) is 0 Å². The molecule has 0 aliphatic carbocycles. The van der Waals surface area contributed by atoms with Gasteiger partial charge in [-0.15, -0.1) is 0 Å². The second-order valence-electron chi connectivity index (χ2n) is 4.55. The monoisotopic (exact) mass is 248 g/mol. The second kappa shape index (κ2) is 4.59. The van der Waals surface area contributed by atoms with Gasteiger partial charge in [-0.25, -0.2) is 0 Å². The third kappa shape index (κ3) is 1.95. The molecule has 0 radical (unpaired) electrons. The quantitative estimate of drug-likeness (QED) is 0.814. The van der Waals surface area contributed by atoms with Crippen LogP contribution >= 0.6 is 0 Å². The molecule has 18 heavy (non-hydrogen) atoms. The summed E-state index contributed by atoms with van der Waals surface area (Å²) in [5, 5.41) is 6.13. The number of rotatable bonds is 2. The third-order valence-electron chi connectivity index (χ3n) is 3.34. The number of amides is 1. The van der Waals surface area contributed by atoms with E-state index in [1.807, 2.05) is 12.1 Å². The highest BCUT2D eigenvalue weighted by atomic mass is 16.5. The van der Waals surface area contributed by atoms with E-state index in [0.717, 1.165) is 29.9 Å². The van der Waals surface area contributed by atoms with Crippen LogP contribution in [0.2, 0.25) is 0 Å². The molecular formula is C13H16N2O3. The fourth-order valence-corrected chi connectivity index (χ4v) is 2.46. The van der Waals surface area contributed by atoms with E-state index in [2.05, 4.69) is 10.6 Å². The van der Waals surface area contributed by atoms with E-state index in [0.29, 0.717) is 18.8 Å². The zero-order valence-electron chi connectivity index (χ0n) is 10.3. The molecule has 1 amide bonds. The number of hydrogen-bond donors (Lipinski definition) is 2. The fourth-order valence-electron chi connectivity index (χ4n) is 2.46. The first-order chi connectivity index (χ1) is 8.78. The van der Waals surface area contributed by atoms with Crippen LogP contribution in [0.5, 0.6) is 5.75 Å². The normalized spacial score (nSPS) is 22.5. The molecule has 1 atom stereocenters. The first kappa shape index (κ1) is 11.5. The van der Waals surface area contributed by atoms with Gasteiger partial charge in [-0.05, 0) is 17.2 Å². The van der Waals surface area contributed by atoms with Crippen molar-refractivity contribution in [2.75, 3.05) is 32.1 Å². The predicted molar refractivity (Wildman–Crippen MR) is 66.9 cm³/mol. The summed E-state index contributed by atoms with van der Waals surface area (Å²) in [6.07, 6.45) is 0.452. The van der Waals surface area contributed by atoms with Crippen LogP contribution in [0, 0.1) is 0 Å². The Morgan fingerprint density at radius 2 is 2.33 bits per heavy atom. The van der Waals surface area contributed by atoms with Gasteiger partial charge in [0.25, 0.3) is 0 Å². The molecule has 1 aromatic rings. The van der Waals surface area contributed by atoms with Gasteiger partial charge in [-0.1, -0.05) is 6.07 Å². The average Bonchev–Trinajstić information content (AvgIpc) is 2.78. The van der Waals surface area contributed by atoms with Crippen molar-refractivity contribution in [2.24, 2.45) is 0 Å². The molecule has 0 aromatic heterocycles. The van der Waals surface area contributed by atoms with Crippen LogP contribution in [0.4, 0.5) is 5.69 Å². The standard InChI is InChI=1S/C13H16N2O3/c1-17-10-5-8(11-7-14-2-3-18-11)4-9-6-12(16)15-13(9)10/h4-5,11,14H,2-3,6-7H2,1H3,(H,15,16). The zero-order chi connectivity index (χ0) is 12.5. The van der Waals surface area contributed by atoms with E-state index < -0.39 is 0 Å². The van der Waals surface area contributed by atoms with Crippen molar-refractivity contribution < 1.29 is 14.3 Å². The average molecular weight is 248 g/mol. The molecule has 0 spiro atoms. The molecule has 3 rings (SSSR count). The summed E-state index contributed by atoms with van der Waals surface area (Å²) in [5.74, 6) is 0.727. The summed E-state index contributed by atoms with van der Waals surface area (Å²) in [7, 11) is 1.61. The molecule has 2 N–H and O–H groups in total. The van der Waals surface area contributed by atoms with E-state index >= 15 is 0 Å². The Morgan fingerprint density at radius 3 is 3.06 bits per heavy atom. The molecule has 2 aliphatic heterocycles. The van der Waals surface area contributed by atoms with E-state index in [4.69, 9.17) is 9.47 Å². The lowest BCUT2D eigenvalue weighted by Crippen LogP contribution is -2.33. The van der Waals surface area contributed by atoms with Crippen molar-refractivity contribution in [1.29, 1.82) is 0 Å². The number of carbonyl (C=O) groups is 1. The maximum Gasteiger partial charge on any atom is 0.228 e. The van der Waals surface area contributed by atoms with Gasteiger partial charge in [-0.3, -0.25) is 4.79 Å². The largest absolute Gasteiger partial charge is 0.495 e. The molecule has 0 bridgehead atoms. The highest BCUT2D eigenvalue weighted by Gasteiger charge is 2.25. The van der Waals surface area contributed by atoms with Crippen molar-refractivity contribution >= 4 is 11.6 Å². The Hall–Kier alpha value is -1.59. The molecule has 2 aliphatic rings. The van der Waals surface area contributed by atoms with Crippen LogP contribution in [0.3, 0.4) is 0 Å². The number of carbonyl (C=O) groups excluding carboxylic acids is 1. The number of anilines is 1. The van der Waals surface area contributed by atoms with Crippen LogP contribution in [0.25, 0.3) is 0 Å². The molecule has 5 nitrogen and oxygen atoms in total. The van der Waals surface area contributed by atoms with Gasteiger partial charge >= 0.3 is 0 Å². The highest BCUT2D eigenvalue weighted by Crippen LogP contribution is 2.36. The van der Waals surface area contributed by atoms with Crippen molar-refractivity contribution in [2.45, 2.75) is 12.5 Å². The first-order valence-electron chi connectivity index (χ1n) is 6.11. The molecule has 1 saturated heterocycles. The van der Waals surface area contributed by atoms with Crippen molar-refractivity contribution in [3.63, 3.8) is 0 Å². The van der Waals surface area contributed by atoms with Crippen LogP contribution in [0.1, 0.15) is 17.2 Å². The van der Waals surface area contributed by atoms with Crippen molar-refractivity contribution in [3.8, 4) is 5.75 Å². The van der Waals surface area contributed by atoms with Gasteiger partial charge in [0.1, 0.15) is 5.75 Å². The number of methoxy groups -OCH3 is 1. The molecule has 96 valence electrons. The highest BCUT2D eigenvalue weighted by molar-refractivity contribution is 6.01. The maximum atomic E-state index is 11.4. The maximum absolute atomic E-state index is 11.4. The first-order valence-corrected chi connectivity index (χ1v) is 6.11. The third-order valence-corrected chi connectivity index (χ3v) is 3.34. The Bertz CT molecular complexity index is 481. The van der Waals surface area contributed by atoms with Crippen LogP contribution in [0.15, 0.2) is 12.1 Å². The second-order valence-corrected chi connectivity index (χ2v) is 4.55.